The van der Waals surface area contributed by atoms with E-state index < -0.39 is 0 Å². The van der Waals surface area contributed by atoms with Gasteiger partial charge in [-0.15, -0.1) is 0 Å². The maximum absolute atomic E-state index is 12.9. The van der Waals surface area contributed by atoms with Crippen LogP contribution < -0.4 is 4.48 Å². The molecule has 0 unspecified atom stereocenters. The Morgan fingerprint density at radius 2 is 1.68 bits per heavy atom. The Labute approximate surface area is 134 Å². The highest BCUT2D eigenvalue weighted by Gasteiger charge is 2.63. The summed E-state index contributed by atoms with van der Waals surface area (Å²) >= 11 is 0. The average molecular weight is 298 g/mol. The monoisotopic (exact) mass is 298 g/mol. The summed E-state index contributed by atoms with van der Waals surface area (Å²) < 4.78 is 0.809. The molecule has 2 fully saturated rings. The van der Waals surface area contributed by atoms with Gasteiger partial charge >= 0.3 is 0 Å². The van der Waals surface area contributed by atoms with Gasteiger partial charge in [0.15, 0.2) is 5.78 Å². The van der Waals surface area contributed by atoms with Gasteiger partial charge < -0.3 is 0 Å². The number of quaternary nitrogens is 1. The largest absolute Gasteiger partial charge is 0.298 e. The molecule has 0 N–H and O–H groups in total. The lowest BCUT2D eigenvalue weighted by molar-refractivity contribution is -0.125. The van der Waals surface area contributed by atoms with Gasteiger partial charge in [-0.2, -0.15) is 0 Å². The van der Waals surface area contributed by atoms with E-state index in [0.29, 0.717) is 11.7 Å². The molecule has 2 bridgehead atoms. The van der Waals surface area contributed by atoms with E-state index in [9.17, 15) is 4.79 Å². The van der Waals surface area contributed by atoms with Crippen LogP contribution in [0.2, 0.25) is 0 Å². The fraction of sp³-hybridized carbons (Fsp3) is 0.550. The van der Waals surface area contributed by atoms with Crippen LogP contribution in [0.25, 0.3) is 6.08 Å². The van der Waals surface area contributed by atoms with Crippen LogP contribution in [-0.4, -0.2) is 26.9 Å². The van der Waals surface area contributed by atoms with Crippen molar-refractivity contribution in [3.63, 3.8) is 0 Å². The van der Waals surface area contributed by atoms with Crippen molar-refractivity contribution in [2.24, 2.45) is 16.7 Å². The molecule has 0 radical (unpaired) electrons. The van der Waals surface area contributed by atoms with Gasteiger partial charge in [0.1, 0.15) is 5.69 Å². The van der Waals surface area contributed by atoms with Crippen molar-refractivity contribution in [3.8, 4) is 0 Å². The Morgan fingerprint density at radius 3 is 2.14 bits per heavy atom. The Morgan fingerprint density at radius 1 is 1.09 bits per heavy atom. The van der Waals surface area contributed by atoms with E-state index in [-0.39, 0.29) is 10.8 Å². The first kappa shape index (κ1) is 15.5. The first-order valence-corrected chi connectivity index (χ1v) is 8.26. The van der Waals surface area contributed by atoms with Gasteiger partial charge in [-0.25, -0.2) is 0 Å². The van der Waals surface area contributed by atoms with Gasteiger partial charge in [0.25, 0.3) is 0 Å². The van der Waals surface area contributed by atoms with E-state index in [1.165, 1.54) is 5.69 Å². The first-order chi connectivity index (χ1) is 10.1. The number of benzene rings is 1. The van der Waals surface area contributed by atoms with Crippen LogP contribution in [0.3, 0.4) is 0 Å². The molecule has 0 saturated heterocycles. The lowest BCUT2D eigenvalue weighted by atomic mass is 9.70. The van der Waals surface area contributed by atoms with E-state index in [2.05, 4.69) is 72.3 Å². The van der Waals surface area contributed by atoms with Crippen molar-refractivity contribution >= 4 is 17.5 Å². The number of fused-ring (bicyclic) bond motifs is 2. The third-order valence-corrected chi connectivity index (χ3v) is 6.35. The van der Waals surface area contributed by atoms with Gasteiger partial charge in [-0.05, 0) is 65.7 Å². The Balaban J connectivity index is 1.96. The second-order valence-corrected chi connectivity index (χ2v) is 8.68. The average Bonchev–Trinajstić information content (AvgIpc) is 2.73. The van der Waals surface area contributed by atoms with Crippen LogP contribution in [0.4, 0.5) is 5.69 Å². The smallest absolute Gasteiger partial charge is 0.165 e. The van der Waals surface area contributed by atoms with Gasteiger partial charge in [-0.1, -0.05) is 20.8 Å². The summed E-state index contributed by atoms with van der Waals surface area (Å²) in [7, 11) is 6.49. The van der Waals surface area contributed by atoms with E-state index in [4.69, 9.17) is 0 Å². The Kier molecular flexibility index (Phi) is 3.20. The molecule has 0 heterocycles. The highest BCUT2D eigenvalue weighted by molar-refractivity contribution is 6.07. The zero-order valence-corrected chi connectivity index (χ0v) is 14.7. The van der Waals surface area contributed by atoms with Crippen molar-refractivity contribution in [1.82, 2.24) is 4.48 Å². The van der Waals surface area contributed by atoms with Crippen LogP contribution in [0.5, 0.6) is 0 Å². The summed E-state index contributed by atoms with van der Waals surface area (Å²) in [5.74, 6) is 0.799. The number of rotatable bonds is 2. The Hall–Kier alpha value is -1.41. The predicted molar refractivity (Wildman–Crippen MR) is 93.6 cm³/mol. The molecular weight excluding hydrogens is 270 g/mol. The zero-order valence-electron chi connectivity index (χ0n) is 14.7. The van der Waals surface area contributed by atoms with E-state index in [1.54, 1.807) is 0 Å². The SMILES string of the molecule is CC1(C)[C@@H]2CC[C@@]1(C)C(=O)/C2=C\c1ccc([N+](C)(C)C)cc1. The van der Waals surface area contributed by atoms with Crippen molar-refractivity contribution in [2.75, 3.05) is 21.1 Å². The zero-order chi connectivity index (χ0) is 16.3. The minimum absolute atomic E-state index is 0.0954. The molecule has 0 aliphatic heterocycles. The van der Waals surface area contributed by atoms with Gasteiger partial charge in [0.05, 0.1) is 21.1 Å². The van der Waals surface area contributed by atoms with Crippen molar-refractivity contribution in [1.29, 1.82) is 0 Å². The number of Topliss-reactive ketones (excluding diaryl/α,β-unsaturated/α-hetero) is 1. The molecule has 2 atom stereocenters. The molecule has 0 spiro atoms. The standard InChI is InChI=1S/C20H28NO/c1-19(2)17-11-12-20(19,3)18(22)16(17)13-14-7-9-15(10-8-14)21(4,5)6/h7-10,13,17H,11-12H2,1-6H3/q+1/b16-13-/t17-,20+/m1/s1. The van der Waals surface area contributed by atoms with Crippen molar-refractivity contribution in [2.45, 2.75) is 33.6 Å². The number of allylic oxidation sites excluding steroid dienone is 1. The summed E-state index contributed by atoms with van der Waals surface area (Å²) in [6.07, 6.45) is 4.33. The number of ketones is 1. The van der Waals surface area contributed by atoms with Gasteiger partial charge in [-0.3, -0.25) is 9.28 Å². The summed E-state index contributed by atoms with van der Waals surface area (Å²) in [6, 6.07) is 8.61. The molecule has 2 heteroatoms. The number of hydrogen-bond donors (Lipinski definition) is 0. The fourth-order valence-corrected chi connectivity index (χ4v) is 4.29. The second-order valence-electron chi connectivity index (χ2n) is 8.68. The molecule has 118 valence electrons. The highest BCUT2D eigenvalue weighted by atomic mass is 16.1. The number of carbonyl (C=O) groups excluding carboxylic acids is 1. The van der Waals surface area contributed by atoms with Crippen LogP contribution in [0.15, 0.2) is 29.8 Å². The number of nitrogens with zero attached hydrogens (tertiary/aromatic N) is 1. The lowest BCUT2D eigenvalue weighted by Crippen LogP contribution is -2.34. The molecule has 0 amide bonds. The third kappa shape index (κ3) is 2.00. The fourth-order valence-electron chi connectivity index (χ4n) is 4.29. The van der Waals surface area contributed by atoms with E-state index >= 15 is 0 Å². The molecule has 0 aromatic heterocycles. The molecule has 22 heavy (non-hydrogen) atoms. The first-order valence-electron chi connectivity index (χ1n) is 8.26. The number of hydrogen-bond acceptors (Lipinski definition) is 1. The van der Waals surface area contributed by atoms with Gasteiger partial charge in [0, 0.05) is 5.41 Å². The van der Waals surface area contributed by atoms with Crippen LogP contribution in [0, 0.1) is 16.7 Å². The molecule has 2 saturated carbocycles. The molecule has 2 nitrogen and oxygen atoms in total. The van der Waals surface area contributed by atoms with Crippen molar-refractivity contribution < 1.29 is 4.79 Å². The number of carbonyl (C=O) groups is 1. The van der Waals surface area contributed by atoms with Crippen LogP contribution >= 0.6 is 0 Å². The van der Waals surface area contributed by atoms with Crippen LogP contribution in [0.1, 0.15) is 39.2 Å². The summed E-state index contributed by atoms with van der Waals surface area (Å²) in [5.41, 5.74) is 3.40. The second kappa shape index (κ2) is 4.55. The highest BCUT2D eigenvalue weighted by Crippen LogP contribution is 2.65. The molecule has 2 aliphatic carbocycles. The summed E-state index contributed by atoms with van der Waals surface area (Å²) in [6.45, 7) is 6.70. The maximum Gasteiger partial charge on any atom is 0.165 e. The molecule has 1 aromatic rings. The lowest BCUT2D eigenvalue weighted by Gasteiger charge is -2.31. The molecule has 1 aromatic carbocycles. The van der Waals surface area contributed by atoms with Crippen LogP contribution in [-0.2, 0) is 4.79 Å². The van der Waals surface area contributed by atoms with E-state index in [0.717, 1.165) is 28.5 Å². The molecule has 3 rings (SSSR count). The van der Waals surface area contributed by atoms with Crippen molar-refractivity contribution in [3.05, 3.63) is 35.4 Å². The molecule has 2 aliphatic rings. The van der Waals surface area contributed by atoms with Gasteiger partial charge in [0.2, 0.25) is 0 Å². The predicted octanol–water partition coefficient (Wildman–Crippen LogP) is 4.29. The summed E-state index contributed by atoms with van der Waals surface area (Å²) in [5, 5.41) is 0. The minimum Gasteiger partial charge on any atom is -0.298 e. The topological polar surface area (TPSA) is 17.1 Å². The quantitative estimate of drug-likeness (QED) is 0.588. The molecular formula is C20H28NO+. The normalized spacial score (nSPS) is 32.0. The Bertz CT molecular complexity index is 645. The van der Waals surface area contributed by atoms with E-state index in [1.807, 2.05) is 0 Å². The minimum atomic E-state index is -0.161. The maximum atomic E-state index is 12.9. The third-order valence-electron chi connectivity index (χ3n) is 6.35. The summed E-state index contributed by atoms with van der Waals surface area (Å²) in [4.78, 5) is 12.9.